The van der Waals surface area contributed by atoms with Crippen molar-refractivity contribution >= 4 is 10.0 Å². The maximum atomic E-state index is 12.8. The van der Waals surface area contributed by atoms with Crippen LogP contribution in [0.15, 0.2) is 23.4 Å². The summed E-state index contributed by atoms with van der Waals surface area (Å²) >= 11 is 0. The molecule has 0 saturated heterocycles. The first-order valence-corrected chi connectivity index (χ1v) is 7.36. The van der Waals surface area contributed by atoms with Crippen LogP contribution in [-0.4, -0.2) is 36.5 Å². The molecule has 0 bridgehead atoms. The summed E-state index contributed by atoms with van der Waals surface area (Å²) in [7, 11) is -3.93. The predicted octanol–water partition coefficient (Wildman–Crippen LogP) is 1.23. The molecule has 0 aromatic carbocycles. The van der Waals surface area contributed by atoms with Crippen LogP contribution in [0.5, 0.6) is 0 Å². The number of sulfonamides is 1. The first-order valence-electron chi connectivity index (χ1n) is 5.88. The fraction of sp³-hybridized carbons (Fsp3) is 0.600. The van der Waals surface area contributed by atoms with E-state index in [0.717, 1.165) is 6.20 Å². The highest BCUT2D eigenvalue weighted by Crippen LogP contribution is 2.38. The van der Waals surface area contributed by atoms with E-state index in [2.05, 4.69) is 20.1 Å². The highest BCUT2D eigenvalue weighted by atomic mass is 32.2. The second kappa shape index (κ2) is 5.52. The zero-order valence-corrected chi connectivity index (χ0v) is 11.1. The molecule has 2 atom stereocenters. The minimum Gasteiger partial charge on any atom is -0.209 e. The third kappa shape index (κ3) is 3.37. The Bertz CT molecular complexity index is 568. The van der Waals surface area contributed by atoms with E-state index in [1.54, 1.807) is 6.08 Å². The average Bonchev–Trinajstić information content (AvgIpc) is 2.90. The fourth-order valence-corrected chi connectivity index (χ4v) is 3.04. The van der Waals surface area contributed by atoms with Gasteiger partial charge in [0.1, 0.15) is 0 Å². The summed E-state index contributed by atoms with van der Waals surface area (Å²) in [4.78, 5) is 0. The number of nitrogens with one attached hydrogen (secondary N) is 2. The molecule has 1 aliphatic carbocycles. The Morgan fingerprint density at radius 1 is 1.35 bits per heavy atom. The lowest BCUT2D eigenvalue weighted by molar-refractivity contribution is -0.188. The van der Waals surface area contributed by atoms with Crippen LogP contribution >= 0.6 is 0 Å². The summed E-state index contributed by atoms with van der Waals surface area (Å²) in [5, 5.41) is 8.54. The number of aromatic amines is 1. The van der Waals surface area contributed by atoms with Gasteiger partial charge in [-0.05, 0) is 18.8 Å². The van der Waals surface area contributed by atoms with Gasteiger partial charge < -0.3 is 0 Å². The lowest BCUT2D eigenvalue weighted by atomic mass is 9.82. The lowest BCUT2D eigenvalue weighted by Gasteiger charge is -2.30. The summed E-state index contributed by atoms with van der Waals surface area (Å²) in [6.45, 7) is -0.288. The smallest absolute Gasteiger partial charge is 0.209 e. The molecule has 0 fully saturated rings. The molecule has 20 heavy (non-hydrogen) atoms. The van der Waals surface area contributed by atoms with Crippen molar-refractivity contribution in [1.29, 1.82) is 0 Å². The molecule has 0 radical (unpaired) electrons. The van der Waals surface area contributed by atoms with Crippen LogP contribution in [0.25, 0.3) is 0 Å². The van der Waals surface area contributed by atoms with E-state index in [4.69, 9.17) is 0 Å². The maximum Gasteiger partial charge on any atom is 0.392 e. The van der Waals surface area contributed by atoms with Crippen LogP contribution in [0.1, 0.15) is 12.8 Å². The average molecular weight is 310 g/mol. The topological polar surface area (TPSA) is 87.7 Å². The number of allylic oxidation sites excluding steroid dienone is 2. The second-order valence-electron chi connectivity index (χ2n) is 4.51. The molecule has 112 valence electrons. The Morgan fingerprint density at radius 3 is 2.65 bits per heavy atom. The second-order valence-corrected chi connectivity index (χ2v) is 6.22. The molecular weight excluding hydrogens is 297 g/mol. The number of alkyl halides is 3. The van der Waals surface area contributed by atoms with Crippen LogP contribution in [0, 0.1) is 11.8 Å². The first-order chi connectivity index (χ1) is 9.31. The van der Waals surface area contributed by atoms with E-state index in [-0.39, 0.29) is 24.4 Å². The van der Waals surface area contributed by atoms with Crippen LogP contribution in [0.4, 0.5) is 13.2 Å². The van der Waals surface area contributed by atoms with E-state index >= 15 is 0 Å². The largest absolute Gasteiger partial charge is 0.392 e. The van der Waals surface area contributed by atoms with Gasteiger partial charge in [0.05, 0.1) is 12.1 Å². The van der Waals surface area contributed by atoms with Crippen molar-refractivity contribution in [2.75, 3.05) is 6.54 Å². The fourth-order valence-electron chi connectivity index (χ4n) is 2.11. The Balaban J connectivity index is 2.04. The van der Waals surface area contributed by atoms with Gasteiger partial charge in [0.15, 0.2) is 0 Å². The Kier molecular flexibility index (Phi) is 4.14. The van der Waals surface area contributed by atoms with Gasteiger partial charge in [-0.25, -0.2) is 13.1 Å². The van der Waals surface area contributed by atoms with Crippen molar-refractivity contribution in [3.05, 3.63) is 18.3 Å². The van der Waals surface area contributed by atoms with Crippen molar-refractivity contribution in [3.63, 3.8) is 0 Å². The van der Waals surface area contributed by atoms with Gasteiger partial charge in [0.2, 0.25) is 5.03 Å². The zero-order chi connectivity index (χ0) is 14.8. The normalized spacial score (nSPS) is 23.9. The van der Waals surface area contributed by atoms with E-state index in [9.17, 15) is 21.6 Å². The number of halogens is 3. The summed E-state index contributed by atoms with van der Waals surface area (Å²) < 4.78 is 64.2. The molecule has 1 heterocycles. The van der Waals surface area contributed by atoms with Crippen molar-refractivity contribution in [1.82, 2.24) is 20.1 Å². The third-order valence-corrected chi connectivity index (χ3v) is 4.48. The van der Waals surface area contributed by atoms with E-state index in [1.807, 2.05) is 0 Å². The van der Waals surface area contributed by atoms with Crippen LogP contribution in [0.2, 0.25) is 0 Å². The van der Waals surface area contributed by atoms with Crippen LogP contribution < -0.4 is 4.72 Å². The molecule has 0 unspecified atom stereocenters. The van der Waals surface area contributed by atoms with Crippen molar-refractivity contribution in [2.24, 2.45) is 11.8 Å². The minimum atomic E-state index is -4.34. The highest BCUT2D eigenvalue weighted by Gasteiger charge is 2.44. The predicted molar refractivity (Wildman–Crippen MR) is 63.0 cm³/mol. The molecule has 1 aromatic heterocycles. The van der Waals surface area contributed by atoms with Crippen molar-refractivity contribution in [3.8, 4) is 0 Å². The summed E-state index contributed by atoms with van der Waals surface area (Å²) in [5.74, 6) is -2.35. The molecular formula is C10H13F3N4O2S. The van der Waals surface area contributed by atoms with E-state index in [1.165, 1.54) is 6.08 Å². The number of rotatable bonds is 4. The van der Waals surface area contributed by atoms with Gasteiger partial charge in [-0.1, -0.05) is 12.2 Å². The monoisotopic (exact) mass is 310 g/mol. The molecule has 0 aliphatic heterocycles. The van der Waals surface area contributed by atoms with Crippen LogP contribution in [0.3, 0.4) is 0 Å². The zero-order valence-electron chi connectivity index (χ0n) is 10.3. The van der Waals surface area contributed by atoms with E-state index < -0.39 is 28.0 Å². The molecule has 2 N–H and O–H groups in total. The van der Waals surface area contributed by atoms with Crippen molar-refractivity contribution < 1.29 is 21.6 Å². The van der Waals surface area contributed by atoms with Gasteiger partial charge in [-0.2, -0.15) is 23.5 Å². The number of H-pyrrole nitrogens is 1. The van der Waals surface area contributed by atoms with Gasteiger partial charge in [-0.3, -0.25) is 0 Å². The molecule has 0 amide bonds. The summed E-state index contributed by atoms with van der Waals surface area (Å²) in [6.07, 6.45) is -0.178. The van der Waals surface area contributed by atoms with Gasteiger partial charge in [0.25, 0.3) is 10.0 Å². The summed E-state index contributed by atoms with van der Waals surface area (Å²) in [5.41, 5.74) is 0. The molecule has 0 spiro atoms. The SMILES string of the molecule is O=S(=O)(NC[C@@H]1CC=CC[C@H]1C(F)(F)F)c1cn[nH]n1. The third-order valence-electron chi connectivity index (χ3n) is 3.19. The molecule has 10 heteroatoms. The molecule has 2 rings (SSSR count). The number of hydrogen-bond donors (Lipinski definition) is 2. The highest BCUT2D eigenvalue weighted by molar-refractivity contribution is 7.89. The standard InChI is InChI=1S/C10H13F3N4O2S/c11-10(12,13)8-4-2-1-3-7(8)5-15-20(18,19)9-6-14-17-16-9/h1-2,6-8,15H,3-5H2,(H,14,16,17)/t7-,8+/m0/s1. The summed E-state index contributed by atoms with van der Waals surface area (Å²) in [6, 6.07) is 0. The van der Waals surface area contributed by atoms with Gasteiger partial charge in [0, 0.05) is 6.54 Å². The Morgan fingerprint density at radius 2 is 2.05 bits per heavy atom. The molecule has 1 aliphatic rings. The lowest BCUT2D eigenvalue weighted by Crippen LogP contribution is -2.39. The van der Waals surface area contributed by atoms with E-state index in [0.29, 0.717) is 0 Å². The molecule has 0 saturated carbocycles. The number of hydrogen-bond acceptors (Lipinski definition) is 4. The number of nitrogens with zero attached hydrogens (tertiary/aromatic N) is 2. The van der Waals surface area contributed by atoms with Crippen LogP contribution in [-0.2, 0) is 10.0 Å². The maximum absolute atomic E-state index is 12.8. The molecule has 6 nitrogen and oxygen atoms in total. The molecule has 1 aromatic rings. The van der Waals surface area contributed by atoms with Gasteiger partial charge in [-0.15, -0.1) is 5.10 Å². The Labute approximate surface area is 113 Å². The Hall–Kier alpha value is -1.42. The number of aromatic nitrogens is 3. The first kappa shape index (κ1) is 15.0. The minimum absolute atomic E-state index is 0.125. The van der Waals surface area contributed by atoms with Crippen molar-refractivity contribution in [2.45, 2.75) is 24.0 Å². The van der Waals surface area contributed by atoms with Gasteiger partial charge >= 0.3 is 6.18 Å². The quantitative estimate of drug-likeness (QED) is 0.819.